The monoisotopic (exact) mass is 293 g/mol. The molecule has 1 heterocycles. The van der Waals surface area contributed by atoms with Crippen LogP contribution in [0.1, 0.15) is 49.3 Å². The fourth-order valence-electron chi connectivity index (χ4n) is 2.07. The van der Waals surface area contributed by atoms with E-state index in [1.54, 1.807) is 30.8 Å². The second-order valence-corrected chi connectivity index (χ2v) is 5.72. The Kier molecular flexibility index (Phi) is 5.35. The Balaban J connectivity index is 3.04. The van der Waals surface area contributed by atoms with Gasteiger partial charge in [-0.2, -0.15) is 0 Å². The van der Waals surface area contributed by atoms with Crippen molar-refractivity contribution in [3.63, 3.8) is 0 Å². The molecule has 21 heavy (non-hydrogen) atoms. The van der Waals surface area contributed by atoms with E-state index in [0.717, 1.165) is 0 Å². The Hall–Kier alpha value is -2.04. The molecule has 0 radical (unpaired) electrons. The number of aryl methyl sites for hydroxylation is 1. The largest absolute Gasteiger partial charge is 0.461 e. The van der Waals surface area contributed by atoms with Crippen LogP contribution in [0.3, 0.4) is 0 Å². The summed E-state index contributed by atoms with van der Waals surface area (Å²) >= 11 is 0. The number of hydrogen-bond donors (Lipinski definition) is 0. The van der Waals surface area contributed by atoms with E-state index in [9.17, 15) is 9.59 Å². The van der Waals surface area contributed by atoms with Crippen LogP contribution >= 0.6 is 0 Å². The molecule has 0 aromatic carbocycles. The molecule has 0 unspecified atom stereocenters. The van der Waals surface area contributed by atoms with E-state index in [1.165, 1.54) is 0 Å². The van der Waals surface area contributed by atoms with Gasteiger partial charge in [-0.1, -0.05) is 12.7 Å². The number of carbonyl (C=O) groups excluding carboxylic acids is 2. The van der Waals surface area contributed by atoms with Crippen molar-refractivity contribution in [2.24, 2.45) is 7.05 Å². The first-order valence-corrected chi connectivity index (χ1v) is 6.89. The van der Waals surface area contributed by atoms with E-state index in [1.807, 2.05) is 20.8 Å². The first-order chi connectivity index (χ1) is 9.69. The molecular formula is C16H23NO4. The lowest BCUT2D eigenvalue weighted by Crippen LogP contribution is -2.25. The van der Waals surface area contributed by atoms with Gasteiger partial charge >= 0.3 is 11.9 Å². The van der Waals surface area contributed by atoms with Gasteiger partial charge in [0.1, 0.15) is 11.3 Å². The number of hydrogen-bond acceptors (Lipinski definition) is 4. The van der Waals surface area contributed by atoms with Crippen molar-refractivity contribution in [2.45, 2.75) is 39.7 Å². The molecule has 1 aromatic rings. The summed E-state index contributed by atoms with van der Waals surface area (Å²) in [6.07, 6.45) is 3.38. The normalized spacial score (nSPS) is 11.1. The van der Waals surface area contributed by atoms with Gasteiger partial charge in [-0.15, -0.1) is 0 Å². The molecule has 5 nitrogen and oxygen atoms in total. The lowest BCUT2D eigenvalue weighted by Gasteiger charge is -2.19. The Morgan fingerprint density at radius 2 is 2.00 bits per heavy atom. The molecule has 0 bridgehead atoms. The van der Waals surface area contributed by atoms with Crippen molar-refractivity contribution in [3.05, 3.63) is 29.6 Å². The SMILES string of the molecule is C=Cc1c(CC(=O)OC(C)(C)C)cn(C)c1C(=O)OCC. The number of nitrogens with zero attached hydrogens (tertiary/aromatic N) is 1. The van der Waals surface area contributed by atoms with Crippen LogP contribution in [-0.4, -0.2) is 28.7 Å². The number of esters is 2. The third-order valence-electron chi connectivity index (χ3n) is 2.73. The third-order valence-corrected chi connectivity index (χ3v) is 2.73. The van der Waals surface area contributed by atoms with Gasteiger partial charge < -0.3 is 14.0 Å². The van der Waals surface area contributed by atoms with E-state index in [0.29, 0.717) is 23.4 Å². The van der Waals surface area contributed by atoms with Crippen LogP contribution in [0, 0.1) is 0 Å². The molecule has 0 saturated heterocycles. The van der Waals surface area contributed by atoms with Gasteiger partial charge in [0.25, 0.3) is 0 Å². The number of aromatic nitrogens is 1. The van der Waals surface area contributed by atoms with Crippen molar-refractivity contribution in [1.82, 2.24) is 4.57 Å². The molecule has 116 valence electrons. The lowest BCUT2D eigenvalue weighted by molar-refractivity contribution is -0.153. The third kappa shape index (κ3) is 4.48. The second-order valence-electron chi connectivity index (χ2n) is 5.72. The first-order valence-electron chi connectivity index (χ1n) is 6.89. The van der Waals surface area contributed by atoms with Gasteiger partial charge in [0.2, 0.25) is 0 Å². The highest BCUT2D eigenvalue weighted by Crippen LogP contribution is 2.21. The molecule has 0 amide bonds. The van der Waals surface area contributed by atoms with Crippen molar-refractivity contribution in [3.8, 4) is 0 Å². The smallest absolute Gasteiger partial charge is 0.355 e. The summed E-state index contributed by atoms with van der Waals surface area (Å²) < 4.78 is 12.0. The standard InChI is InChI=1S/C16H23NO4/c1-7-12-11(9-13(18)21-16(3,4)5)10-17(6)14(12)15(19)20-8-2/h7,10H,1,8-9H2,2-6H3. The topological polar surface area (TPSA) is 57.5 Å². The summed E-state index contributed by atoms with van der Waals surface area (Å²) in [5.41, 5.74) is 1.17. The van der Waals surface area contributed by atoms with Crippen molar-refractivity contribution in [2.75, 3.05) is 6.61 Å². The van der Waals surface area contributed by atoms with Gasteiger partial charge in [0.15, 0.2) is 0 Å². The quantitative estimate of drug-likeness (QED) is 0.783. The first kappa shape index (κ1) is 17.0. The minimum absolute atomic E-state index is 0.0892. The molecule has 0 aliphatic carbocycles. The Bertz CT molecular complexity index is 549. The van der Waals surface area contributed by atoms with Crippen molar-refractivity contribution in [1.29, 1.82) is 0 Å². The van der Waals surface area contributed by atoms with Gasteiger partial charge in [-0.05, 0) is 33.3 Å². The maximum Gasteiger partial charge on any atom is 0.355 e. The molecule has 0 saturated carbocycles. The summed E-state index contributed by atoms with van der Waals surface area (Å²) in [5, 5.41) is 0. The number of carbonyl (C=O) groups is 2. The van der Waals surface area contributed by atoms with E-state index < -0.39 is 11.6 Å². The average Bonchev–Trinajstić information content (AvgIpc) is 2.62. The molecule has 1 rings (SSSR count). The fraction of sp³-hybridized carbons (Fsp3) is 0.500. The van der Waals surface area contributed by atoms with E-state index in [4.69, 9.17) is 9.47 Å². The van der Waals surface area contributed by atoms with Crippen LogP contribution in [0.4, 0.5) is 0 Å². The van der Waals surface area contributed by atoms with Crippen molar-refractivity contribution >= 4 is 18.0 Å². The Labute approximate surface area is 125 Å². The maximum absolute atomic E-state index is 12.0. The van der Waals surface area contributed by atoms with Crippen LogP contribution in [0.15, 0.2) is 12.8 Å². The molecule has 0 spiro atoms. The molecular weight excluding hydrogens is 270 g/mol. The van der Waals surface area contributed by atoms with Gasteiger partial charge in [0.05, 0.1) is 13.0 Å². The van der Waals surface area contributed by atoms with E-state index in [-0.39, 0.29) is 12.4 Å². The predicted molar refractivity (Wildman–Crippen MR) is 81.0 cm³/mol. The van der Waals surface area contributed by atoms with E-state index in [2.05, 4.69) is 6.58 Å². The summed E-state index contributed by atoms with van der Waals surface area (Å²) in [7, 11) is 1.73. The highest BCUT2D eigenvalue weighted by molar-refractivity contribution is 5.93. The molecule has 0 fully saturated rings. The number of ether oxygens (including phenoxy) is 2. The molecule has 5 heteroatoms. The summed E-state index contributed by atoms with van der Waals surface area (Å²) in [4.78, 5) is 23.9. The predicted octanol–water partition coefficient (Wildman–Crippen LogP) is 2.73. The maximum atomic E-state index is 12.0. The van der Waals surface area contributed by atoms with E-state index >= 15 is 0 Å². The minimum Gasteiger partial charge on any atom is -0.461 e. The molecule has 0 aliphatic heterocycles. The van der Waals surface area contributed by atoms with Crippen LogP contribution in [-0.2, 0) is 27.7 Å². The zero-order chi connectivity index (χ0) is 16.2. The minimum atomic E-state index is -0.538. The second kappa shape index (κ2) is 6.61. The molecule has 0 N–H and O–H groups in total. The van der Waals surface area contributed by atoms with Crippen molar-refractivity contribution < 1.29 is 19.1 Å². The van der Waals surface area contributed by atoms with Gasteiger partial charge in [-0.25, -0.2) is 4.79 Å². The zero-order valence-corrected chi connectivity index (χ0v) is 13.4. The van der Waals surface area contributed by atoms with Crippen LogP contribution in [0.2, 0.25) is 0 Å². The number of rotatable bonds is 5. The Morgan fingerprint density at radius 3 is 2.48 bits per heavy atom. The molecule has 0 atom stereocenters. The van der Waals surface area contributed by atoms with Gasteiger partial charge in [0, 0.05) is 18.8 Å². The summed E-state index contributed by atoms with van der Waals surface area (Å²) in [6.45, 7) is 11.2. The van der Waals surface area contributed by atoms with Crippen LogP contribution < -0.4 is 0 Å². The highest BCUT2D eigenvalue weighted by Gasteiger charge is 2.23. The summed E-state index contributed by atoms with van der Waals surface area (Å²) in [6, 6.07) is 0. The summed E-state index contributed by atoms with van der Waals surface area (Å²) in [5.74, 6) is -0.767. The van der Waals surface area contributed by atoms with Crippen LogP contribution in [0.25, 0.3) is 6.08 Å². The van der Waals surface area contributed by atoms with Gasteiger partial charge in [-0.3, -0.25) is 4.79 Å². The molecule has 0 aliphatic rings. The average molecular weight is 293 g/mol. The van der Waals surface area contributed by atoms with Crippen LogP contribution in [0.5, 0.6) is 0 Å². The molecule has 1 aromatic heterocycles. The Morgan fingerprint density at radius 1 is 1.38 bits per heavy atom. The highest BCUT2D eigenvalue weighted by atomic mass is 16.6. The fourth-order valence-corrected chi connectivity index (χ4v) is 2.07. The zero-order valence-electron chi connectivity index (χ0n) is 13.4. The lowest BCUT2D eigenvalue weighted by atomic mass is 10.1.